The first kappa shape index (κ1) is 20.9. The average Bonchev–Trinajstić information content (AvgIpc) is 2.60. The molecule has 0 unspecified atom stereocenters. The molecule has 1 aromatic carbocycles. The Morgan fingerprint density at radius 3 is 2.42 bits per heavy atom. The van der Waals surface area contributed by atoms with Gasteiger partial charge in [-0.2, -0.15) is 0 Å². The Hall–Kier alpha value is -1.10. The van der Waals surface area contributed by atoms with Crippen LogP contribution in [-0.2, 0) is 22.4 Å². The lowest BCUT2D eigenvalue weighted by molar-refractivity contribution is -0.122. The maximum atomic E-state index is 12.2. The second kappa shape index (κ2) is 10.7. The highest BCUT2D eigenvalue weighted by molar-refractivity contribution is 5.85. The Morgan fingerprint density at radius 1 is 1.21 bits per heavy atom. The zero-order valence-corrected chi connectivity index (χ0v) is 15.7. The van der Waals surface area contributed by atoms with Crippen LogP contribution in [0.3, 0.4) is 0 Å². The number of nitrogens with one attached hydrogen (secondary N) is 2. The molecule has 1 aliphatic rings. The van der Waals surface area contributed by atoms with Crippen LogP contribution in [0.1, 0.15) is 37.3 Å². The lowest BCUT2D eigenvalue weighted by Crippen LogP contribution is -2.47. The van der Waals surface area contributed by atoms with Crippen LogP contribution in [0.2, 0.25) is 0 Å². The summed E-state index contributed by atoms with van der Waals surface area (Å²) < 4.78 is 5.39. The number of amides is 1. The summed E-state index contributed by atoms with van der Waals surface area (Å²) in [6.45, 7) is 5.59. The molecular formula is C19H31ClN2O2. The summed E-state index contributed by atoms with van der Waals surface area (Å²) >= 11 is 0. The Balaban J connectivity index is 0.00000288. The van der Waals surface area contributed by atoms with Gasteiger partial charge in [-0.1, -0.05) is 31.2 Å². The number of rotatable bonds is 8. The van der Waals surface area contributed by atoms with E-state index >= 15 is 0 Å². The zero-order chi connectivity index (χ0) is 16.5. The van der Waals surface area contributed by atoms with Gasteiger partial charge < -0.3 is 15.4 Å². The fraction of sp³-hybridized carbons (Fsp3) is 0.632. The lowest BCUT2D eigenvalue weighted by Gasteiger charge is -2.37. The molecule has 1 saturated heterocycles. The fourth-order valence-electron chi connectivity index (χ4n) is 3.21. The van der Waals surface area contributed by atoms with Crippen molar-refractivity contribution in [3.8, 4) is 0 Å². The predicted molar refractivity (Wildman–Crippen MR) is 101 cm³/mol. The van der Waals surface area contributed by atoms with Gasteiger partial charge in [0.15, 0.2) is 0 Å². The molecule has 1 amide bonds. The van der Waals surface area contributed by atoms with E-state index in [0.29, 0.717) is 13.0 Å². The van der Waals surface area contributed by atoms with Crippen LogP contribution in [0.25, 0.3) is 0 Å². The van der Waals surface area contributed by atoms with Crippen LogP contribution in [0.4, 0.5) is 0 Å². The van der Waals surface area contributed by atoms with Crippen molar-refractivity contribution in [3.63, 3.8) is 0 Å². The third-order valence-electron chi connectivity index (χ3n) is 4.85. The molecule has 2 rings (SSSR count). The molecule has 4 nitrogen and oxygen atoms in total. The number of ether oxygens (including phenoxy) is 1. The standard InChI is InChI=1S/C19H30N2O2.ClH/c1-3-16-4-6-17(7-5-16)8-9-18(22)21-14-19(15-23-2)10-12-20-13-11-19;/h4-7,20H,3,8-15H2,1-2H3,(H,21,22);1H. The molecule has 24 heavy (non-hydrogen) atoms. The Bertz CT molecular complexity index is 479. The van der Waals surface area contributed by atoms with Gasteiger partial charge >= 0.3 is 0 Å². The zero-order valence-electron chi connectivity index (χ0n) is 14.9. The topological polar surface area (TPSA) is 50.4 Å². The van der Waals surface area contributed by atoms with Gasteiger partial charge in [0.2, 0.25) is 5.91 Å². The minimum Gasteiger partial charge on any atom is -0.384 e. The number of hydrogen-bond donors (Lipinski definition) is 2. The van der Waals surface area contributed by atoms with Gasteiger partial charge in [0.05, 0.1) is 6.61 Å². The summed E-state index contributed by atoms with van der Waals surface area (Å²) in [5, 5.41) is 6.50. The number of piperidine rings is 1. The van der Waals surface area contributed by atoms with Crippen LogP contribution < -0.4 is 10.6 Å². The van der Waals surface area contributed by atoms with E-state index in [2.05, 4.69) is 41.8 Å². The number of carbonyl (C=O) groups is 1. The minimum absolute atomic E-state index is 0. The van der Waals surface area contributed by atoms with Gasteiger partial charge in [-0.25, -0.2) is 0 Å². The van der Waals surface area contributed by atoms with E-state index in [9.17, 15) is 4.79 Å². The number of halogens is 1. The molecular weight excluding hydrogens is 324 g/mol. The number of methoxy groups -OCH3 is 1. The summed E-state index contributed by atoms with van der Waals surface area (Å²) in [6, 6.07) is 8.56. The molecule has 0 spiro atoms. The number of benzene rings is 1. The molecule has 0 bridgehead atoms. The fourth-order valence-corrected chi connectivity index (χ4v) is 3.21. The summed E-state index contributed by atoms with van der Waals surface area (Å²) in [4.78, 5) is 12.2. The van der Waals surface area contributed by atoms with E-state index in [4.69, 9.17) is 4.74 Å². The van der Waals surface area contributed by atoms with Crippen molar-refractivity contribution in [3.05, 3.63) is 35.4 Å². The highest BCUT2D eigenvalue weighted by Crippen LogP contribution is 2.28. The smallest absolute Gasteiger partial charge is 0.220 e. The van der Waals surface area contributed by atoms with Gasteiger partial charge in [-0.05, 0) is 49.9 Å². The minimum atomic E-state index is 0. The molecule has 0 aromatic heterocycles. The van der Waals surface area contributed by atoms with Crippen molar-refractivity contribution in [2.75, 3.05) is 33.4 Å². The normalized spacial score (nSPS) is 16.2. The average molecular weight is 355 g/mol. The second-order valence-corrected chi connectivity index (χ2v) is 6.63. The first-order valence-electron chi connectivity index (χ1n) is 8.72. The lowest BCUT2D eigenvalue weighted by atomic mass is 9.79. The van der Waals surface area contributed by atoms with Gasteiger partial charge in [-0.3, -0.25) is 4.79 Å². The highest BCUT2D eigenvalue weighted by atomic mass is 35.5. The third kappa shape index (κ3) is 6.42. The molecule has 136 valence electrons. The van der Waals surface area contributed by atoms with Crippen LogP contribution in [0, 0.1) is 5.41 Å². The SMILES string of the molecule is CCc1ccc(CCC(=O)NCC2(COC)CCNCC2)cc1.Cl. The highest BCUT2D eigenvalue weighted by Gasteiger charge is 2.32. The maximum Gasteiger partial charge on any atom is 0.220 e. The van der Waals surface area contributed by atoms with Gasteiger partial charge in [-0.15, -0.1) is 12.4 Å². The summed E-state index contributed by atoms with van der Waals surface area (Å²) in [7, 11) is 1.74. The Kier molecular flexibility index (Phi) is 9.34. The van der Waals surface area contributed by atoms with Crippen LogP contribution >= 0.6 is 12.4 Å². The van der Waals surface area contributed by atoms with Crippen molar-refractivity contribution < 1.29 is 9.53 Å². The predicted octanol–water partition coefficient (Wildman–Crippen LogP) is 2.74. The van der Waals surface area contributed by atoms with Gasteiger partial charge in [0.25, 0.3) is 0 Å². The van der Waals surface area contributed by atoms with Crippen molar-refractivity contribution in [2.45, 2.75) is 39.0 Å². The molecule has 0 aliphatic carbocycles. The Morgan fingerprint density at radius 2 is 1.83 bits per heavy atom. The number of aryl methyl sites for hydroxylation is 2. The molecule has 1 aromatic rings. The molecule has 1 aliphatic heterocycles. The third-order valence-corrected chi connectivity index (χ3v) is 4.85. The summed E-state index contributed by atoms with van der Waals surface area (Å²) in [6.07, 6.45) is 4.51. The first-order chi connectivity index (χ1) is 11.2. The van der Waals surface area contributed by atoms with Crippen molar-refractivity contribution >= 4 is 18.3 Å². The molecule has 0 radical (unpaired) electrons. The largest absolute Gasteiger partial charge is 0.384 e. The van der Waals surface area contributed by atoms with Crippen molar-refractivity contribution in [2.24, 2.45) is 5.41 Å². The number of carbonyl (C=O) groups excluding carboxylic acids is 1. The van der Waals surface area contributed by atoms with E-state index in [1.165, 1.54) is 11.1 Å². The van der Waals surface area contributed by atoms with Crippen LogP contribution in [0.5, 0.6) is 0 Å². The van der Waals surface area contributed by atoms with E-state index in [1.807, 2.05) is 0 Å². The first-order valence-corrected chi connectivity index (χ1v) is 8.72. The van der Waals surface area contributed by atoms with Crippen molar-refractivity contribution in [1.29, 1.82) is 0 Å². The summed E-state index contributed by atoms with van der Waals surface area (Å²) in [5.74, 6) is 0.138. The second-order valence-electron chi connectivity index (χ2n) is 6.63. The Labute approximate surface area is 152 Å². The maximum absolute atomic E-state index is 12.2. The van der Waals surface area contributed by atoms with Crippen LogP contribution in [0.15, 0.2) is 24.3 Å². The quantitative estimate of drug-likeness (QED) is 0.754. The van der Waals surface area contributed by atoms with E-state index in [1.54, 1.807) is 7.11 Å². The van der Waals surface area contributed by atoms with Crippen LogP contribution in [-0.4, -0.2) is 39.3 Å². The molecule has 2 N–H and O–H groups in total. The van der Waals surface area contributed by atoms with E-state index in [-0.39, 0.29) is 23.7 Å². The molecule has 1 fully saturated rings. The number of hydrogen-bond acceptors (Lipinski definition) is 3. The van der Waals surface area contributed by atoms with E-state index < -0.39 is 0 Å². The monoisotopic (exact) mass is 354 g/mol. The van der Waals surface area contributed by atoms with E-state index in [0.717, 1.165) is 45.3 Å². The van der Waals surface area contributed by atoms with Gasteiger partial charge in [0.1, 0.15) is 0 Å². The molecule has 0 saturated carbocycles. The molecule has 5 heteroatoms. The molecule has 0 atom stereocenters. The van der Waals surface area contributed by atoms with Crippen molar-refractivity contribution in [1.82, 2.24) is 10.6 Å². The molecule has 1 heterocycles. The van der Waals surface area contributed by atoms with Gasteiger partial charge in [0, 0.05) is 25.5 Å². The summed E-state index contributed by atoms with van der Waals surface area (Å²) in [5.41, 5.74) is 2.66.